The lowest BCUT2D eigenvalue weighted by molar-refractivity contribution is 0.379. The van der Waals surface area contributed by atoms with Gasteiger partial charge in [-0.2, -0.15) is 0 Å². The van der Waals surface area contributed by atoms with Crippen molar-refractivity contribution >= 4 is 23.2 Å². The summed E-state index contributed by atoms with van der Waals surface area (Å²) in [6.45, 7) is 1.54. The number of rotatable bonds is 3. The summed E-state index contributed by atoms with van der Waals surface area (Å²) in [5.41, 5.74) is 5.25. The van der Waals surface area contributed by atoms with E-state index in [2.05, 4.69) is 0 Å². The lowest BCUT2D eigenvalue weighted by Gasteiger charge is -2.28. The molecule has 0 amide bonds. The molecule has 2 rings (SSSR count). The maximum absolute atomic E-state index is 14.4. The van der Waals surface area contributed by atoms with Crippen molar-refractivity contribution in [3.63, 3.8) is 0 Å². The van der Waals surface area contributed by atoms with Crippen molar-refractivity contribution in [3.05, 3.63) is 63.1 Å². The summed E-state index contributed by atoms with van der Waals surface area (Å²) in [6.07, 6.45) is 0. The molecule has 21 heavy (non-hydrogen) atoms. The monoisotopic (exact) mass is 331 g/mol. The van der Waals surface area contributed by atoms with E-state index in [9.17, 15) is 8.78 Å². The third kappa shape index (κ3) is 2.84. The smallest absolute Gasteiger partial charge is 0.170 e. The van der Waals surface area contributed by atoms with Crippen LogP contribution in [0.5, 0.6) is 5.75 Å². The summed E-state index contributed by atoms with van der Waals surface area (Å²) in [4.78, 5) is 0. The van der Waals surface area contributed by atoms with Crippen LogP contribution in [0, 0.1) is 11.6 Å². The third-order valence-corrected chi connectivity index (χ3v) is 3.91. The van der Waals surface area contributed by atoms with Gasteiger partial charge in [-0.05, 0) is 30.7 Å². The predicted molar refractivity (Wildman–Crippen MR) is 80.0 cm³/mol. The van der Waals surface area contributed by atoms with Gasteiger partial charge in [0.2, 0.25) is 0 Å². The Labute approximate surface area is 131 Å². The van der Waals surface area contributed by atoms with E-state index < -0.39 is 17.2 Å². The number of hydrogen-bond donors (Lipinski definition) is 1. The van der Waals surface area contributed by atoms with Crippen molar-refractivity contribution in [3.8, 4) is 5.75 Å². The number of hydrogen-bond acceptors (Lipinski definition) is 2. The molecule has 0 saturated carbocycles. The highest BCUT2D eigenvalue weighted by Gasteiger charge is 2.31. The molecule has 0 aliphatic carbocycles. The normalized spacial score (nSPS) is 13.9. The van der Waals surface area contributed by atoms with Gasteiger partial charge in [-0.1, -0.05) is 35.3 Å². The van der Waals surface area contributed by atoms with E-state index in [1.165, 1.54) is 25.3 Å². The van der Waals surface area contributed by atoms with Gasteiger partial charge in [-0.15, -0.1) is 0 Å². The first kappa shape index (κ1) is 16.0. The van der Waals surface area contributed by atoms with E-state index in [1.54, 1.807) is 13.0 Å². The number of ether oxygens (including phenoxy) is 1. The van der Waals surface area contributed by atoms with Crippen molar-refractivity contribution in [1.29, 1.82) is 0 Å². The van der Waals surface area contributed by atoms with Gasteiger partial charge < -0.3 is 10.5 Å². The van der Waals surface area contributed by atoms with Crippen LogP contribution in [0.15, 0.2) is 30.3 Å². The molecule has 0 radical (unpaired) electrons. The van der Waals surface area contributed by atoms with Crippen LogP contribution in [0.2, 0.25) is 10.0 Å². The minimum absolute atomic E-state index is 0.0507. The van der Waals surface area contributed by atoms with E-state index in [-0.39, 0.29) is 26.9 Å². The summed E-state index contributed by atoms with van der Waals surface area (Å²) in [5, 5.41) is 0.0410. The van der Waals surface area contributed by atoms with Crippen LogP contribution < -0.4 is 10.5 Å². The molecule has 0 heterocycles. The van der Waals surface area contributed by atoms with Crippen LogP contribution in [-0.2, 0) is 5.54 Å². The third-order valence-electron chi connectivity index (χ3n) is 3.31. The Balaban J connectivity index is 2.65. The lowest BCUT2D eigenvalue weighted by atomic mass is 9.85. The summed E-state index contributed by atoms with van der Waals surface area (Å²) in [7, 11) is 1.35. The largest absolute Gasteiger partial charge is 0.494 e. The van der Waals surface area contributed by atoms with Gasteiger partial charge in [-0.25, -0.2) is 8.78 Å². The van der Waals surface area contributed by atoms with E-state index in [0.29, 0.717) is 0 Å². The molecule has 0 aliphatic heterocycles. The van der Waals surface area contributed by atoms with E-state index >= 15 is 0 Å². The molecule has 112 valence electrons. The predicted octanol–water partition coefficient (Wildman–Crippen LogP) is 4.50. The Hall–Kier alpha value is -1.36. The molecule has 0 aliphatic rings. The minimum atomic E-state index is -1.35. The fraction of sp³-hybridized carbons (Fsp3) is 0.200. The zero-order valence-electron chi connectivity index (χ0n) is 11.4. The van der Waals surface area contributed by atoms with Crippen LogP contribution >= 0.6 is 23.2 Å². The van der Waals surface area contributed by atoms with Crippen LogP contribution in [0.25, 0.3) is 0 Å². The highest BCUT2D eigenvalue weighted by molar-refractivity contribution is 6.35. The van der Waals surface area contributed by atoms with Crippen molar-refractivity contribution in [2.24, 2.45) is 5.73 Å². The van der Waals surface area contributed by atoms with Crippen molar-refractivity contribution in [2.75, 3.05) is 7.11 Å². The molecule has 1 unspecified atom stereocenters. The Kier molecular flexibility index (Phi) is 4.42. The molecule has 6 heteroatoms. The molecule has 2 aromatic rings. The molecule has 0 bridgehead atoms. The molecular weight excluding hydrogens is 319 g/mol. The van der Waals surface area contributed by atoms with Crippen LogP contribution in [-0.4, -0.2) is 7.11 Å². The minimum Gasteiger partial charge on any atom is -0.494 e. The van der Waals surface area contributed by atoms with Crippen LogP contribution in [0.4, 0.5) is 8.78 Å². The molecule has 0 saturated heterocycles. The average molecular weight is 332 g/mol. The maximum Gasteiger partial charge on any atom is 0.170 e. The van der Waals surface area contributed by atoms with Gasteiger partial charge in [0.15, 0.2) is 11.6 Å². The van der Waals surface area contributed by atoms with Gasteiger partial charge in [0.25, 0.3) is 0 Å². The first-order valence-electron chi connectivity index (χ1n) is 6.06. The first-order chi connectivity index (χ1) is 9.78. The fourth-order valence-corrected chi connectivity index (χ4v) is 2.71. The Morgan fingerprint density at radius 2 is 1.76 bits per heavy atom. The summed E-state index contributed by atoms with van der Waals surface area (Å²) < 4.78 is 33.0. The lowest BCUT2D eigenvalue weighted by Crippen LogP contribution is -2.36. The van der Waals surface area contributed by atoms with Gasteiger partial charge in [-0.3, -0.25) is 0 Å². The Bertz CT molecular complexity index is 690. The number of methoxy groups -OCH3 is 1. The van der Waals surface area contributed by atoms with Crippen molar-refractivity contribution in [1.82, 2.24) is 0 Å². The van der Waals surface area contributed by atoms with Crippen molar-refractivity contribution < 1.29 is 13.5 Å². The summed E-state index contributed by atoms with van der Waals surface area (Å²) in [6, 6.07) is 6.93. The topological polar surface area (TPSA) is 35.2 Å². The molecule has 0 aromatic heterocycles. The number of halogens is 4. The number of benzene rings is 2. The zero-order chi connectivity index (χ0) is 15.8. The van der Waals surface area contributed by atoms with Gasteiger partial charge in [0.1, 0.15) is 5.82 Å². The number of nitrogens with two attached hydrogens (primary N) is 1. The molecule has 0 fully saturated rings. The molecule has 2 aromatic carbocycles. The van der Waals surface area contributed by atoms with E-state index in [0.717, 1.165) is 6.07 Å². The van der Waals surface area contributed by atoms with Crippen LogP contribution in [0.1, 0.15) is 18.1 Å². The highest BCUT2D eigenvalue weighted by atomic mass is 35.5. The van der Waals surface area contributed by atoms with Crippen LogP contribution in [0.3, 0.4) is 0 Å². The zero-order valence-corrected chi connectivity index (χ0v) is 12.9. The van der Waals surface area contributed by atoms with Crippen molar-refractivity contribution in [2.45, 2.75) is 12.5 Å². The Morgan fingerprint density at radius 1 is 1.10 bits per heavy atom. The molecular formula is C15H13Cl2F2NO. The average Bonchev–Trinajstić information content (AvgIpc) is 2.42. The summed E-state index contributed by atoms with van der Waals surface area (Å²) in [5.74, 6) is -1.23. The summed E-state index contributed by atoms with van der Waals surface area (Å²) >= 11 is 11.7. The van der Waals surface area contributed by atoms with Gasteiger partial charge >= 0.3 is 0 Å². The van der Waals surface area contributed by atoms with E-state index in [4.69, 9.17) is 33.7 Å². The molecule has 0 spiro atoms. The molecule has 1 atom stereocenters. The Morgan fingerprint density at radius 3 is 2.38 bits per heavy atom. The second-order valence-electron chi connectivity index (χ2n) is 4.77. The van der Waals surface area contributed by atoms with Gasteiger partial charge in [0, 0.05) is 10.6 Å². The SMILES string of the molecule is COc1cccc(C(C)(N)c2cc(F)c(Cl)cc2Cl)c1F. The standard InChI is InChI=1S/C15H13Cl2F2NO/c1-15(20,8-4-3-5-13(21-2)14(8)19)9-6-12(18)11(17)7-10(9)16/h3-7H,20H2,1-2H3. The first-order valence-corrected chi connectivity index (χ1v) is 6.81. The van der Waals surface area contributed by atoms with Gasteiger partial charge in [0.05, 0.1) is 17.7 Å². The quantitative estimate of drug-likeness (QED) is 0.840. The fourth-order valence-electron chi connectivity index (χ4n) is 2.14. The molecule has 2 nitrogen and oxygen atoms in total. The van der Waals surface area contributed by atoms with E-state index in [1.807, 2.05) is 0 Å². The molecule has 2 N–H and O–H groups in total. The second kappa shape index (κ2) is 5.79. The second-order valence-corrected chi connectivity index (χ2v) is 5.58. The maximum atomic E-state index is 14.4. The highest BCUT2D eigenvalue weighted by Crippen LogP contribution is 2.37.